The fraction of sp³-hybridized carbons (Fsp3) is 0.769. The Balaban J connectivity index is -0.000000630. The van der Waals surface area contributed by atoms with Gasteiger partial charge in [-0.05, 0) is 25.0 Å². The maximum absolute atomic E-state index is 10.4. The van der Waals surface area contributed by atoms with E-state index in [0.717, 1.165) is 13.2 Å². The molecular weight excluding hydrogens is 454 g/mol. The van der Waals surface area contributed by atoms with Crippen LogP contribution in [0.1, 0.15) is 117 Å². The van der Waals surface area contributed by atoms with E-state index in [1.54, 1.807) is 18.2 Å². The molecule has 1 aromatic rings. The third-order valence-electron chi connectivity index (χ3n) is 5.33. The Labute approximate surface area is 249 Å². The molecule has 1 N–H and O–H groups in total. The van der Waals surface area contributed by atoms with Gasteiger partial charge in [-0.1, -0.05) is 122 Å². The summed E-state index contributed by atoms with van der Waals surface area (Å²) in [5.74, 6) is 0. The van der Waals surface area contributed by atoms with E-state index >= 15 is 0 Å². The third kappa shape index (κ3) is 29.2. The van der Waals surface area contributed by atoms with Gasteiger partial charge < -0.3 is 4.74 Å². The standard InChI is InChI=1S/C20H42O.C6H6O3S.2Na.2H/c1-3-5-7-9-11-13-15-17-19-21-20-18-16-14-12-10-8-6-4-2;7-10(8,9)6-4-2-1-3-5-6;;;;/h3-20H2,1-2H3;1-5H,(H,7,8,9);;;;. The van der Waals surface area contributed by atoms with Gasteiger partial charge in [0.05, 0.1) is 4.90 Å². The number of benzene rings is 1. The molecule has 0 radical (unpaired) electrons. The summed E-state index contributed by atoms with van der Waals surface area (Å²) in [5.41, 5.74) is 0. The molecule has 0 heterocycles. The molecule has 0 spiro atoms. The summed E-state index contributed by atoms with van der Waals surface area (Å²) < 4.78 is 35.0. The van der Waals surface area contributed by atoms with Gasteiger partial charge in [0.2, 0.25) is 0 Å². The van der Waals surface area contributed by atoms with Crippen LogP contribution in [-0.4, -0.2) is 85.3 Å². The number of rotatable bonds is 19. The van der Waals surface area contributed by atoms with Crippen molar-refractivity contribution in [1.82, 2.24) is 0 Å². The van der Waals surface area contributed by atoms with Crippen molar-refractivity contribution >= 4 is 69.2 Å². The first-order valence-corrected chi connectivity index (χ1v) is 14.1. The second kappa shape index (κ2) is 29.3. The first kappa shape index (κ1) is 38.6. The Bertz CT molecular complexity index is 565. The van der Waals surface area contributed by atoms with Crippen LogP contribution in [0, 0.1) is 0 Å². The van der Waals surface area contributed by atoms with Crippen LogP contribution in [0.3, 0.4) is 0 Å². The van der Waals surface area contributed by atoms with Gasteiger partial charge in [-0.2, -0.15) is 8.42 Å². The maximum atomic E-state index is 10.4. The van der Waals surface area contributed by atoms with Crippen LogP contribution in [0.15, 0.2) is 35.2 Å². The average Bonchev–Trinajstić information content (AvgIpc) is 2.76. The topological polar surface area (TPSA) is 63.6 Å². The Morgan fingerprint density at radius 2 is 0.939 bits per heavy atom. The monoisotopic (exact) mass is 504 g/mol. The van der Waals surface area contributed by atoms with Crippen LogP contribution in [-0.2, 0) is 14.9 Å². The molecule has 0 unspecified atom stereocenters. The molecule has 0 amide bonds. The first-order chi connectivity index (χ1) is 15.0. The van der Waals surface area contributed by atoms with Crippen molar-refractivity contribution in [2.75, 3.05) is 13.2 Å². The first-order valence-electron chi connectivity index (χ1n) is 12.6. The predicted molar refractivity (Wildman–Crippen MR) is 147 cm³/mol. The molecule has 1 aromatic carbocycles. The molecular formula is C26H50Na2O4S. The van der Waals surface area contributed by atoms with E-state index in [-0.39, 0.29) is 64.0 Å². The predicted octanol–water partition coefficient (Wildman–Crippen LogP) is 6.92. The molecule has 4 nitrogen and oxygen atoms in total. The normalized spacial score (nSPS) is 10.5. The molecule has 0 atom stereocenters. The van der Waals surface area contributed by atoms with Crippen molar-refractivity contribution in [2.24, 2.45) is 0 Å². The third-order valence-corrected chi connectivity index (χ3v) is 6.19. The van der Waals surface area contributed by atoms with Gasteiger partial charge in [0.1, 0.15) is 0 Å². The molecule has 33 heavy (non-hydrogen) atoms. The molecule has 0 aliphatic carbocycles. The molecule has 7 heteroatoms. The Kier molecular flexibility index (Phi) is 34.3. The van der Waals surface area contributed by atoms with Gasteiger partial charge in [0, 0.05) is 13.2 Å². The van der Waals surface area contributed by atoms with Crippen molar-refractivity contribution in [1.29, 1.82) is 0 Å². The molecule has 0 fully saturated rings. The Hall–Kier alpha value is 1.09. The summed E-state index contributed by atoms with van der Waals surface area (Å²) in [7, 11) is -4.00. The quantitative estimate of drug-likeness (QED) is 0.126. The number of hydrogen-bond donors (Lipinski definition) is 1. The summed E-state index contributed by atoms with van der Waals surface area (Å²) in [4.78, 5) is -0.0741. The summed E-state index contributed by atoms with van der Waals surface area (Å²) >= 11 is 0. The molecule has 1 rings (SSSR count). The zero-order valence-electron chi connectivity index (χ0n) is 20.2. The van der Waals surface area contributed by atoms with Crippen LogP contribution in [0.2, 0.25) is 0 Å². The van der Waals surface area contributed by atoms with E-state index in [4.69, 9.17) is 9.29 Å². The fourth-order valence-electron chi connectivity index (χ4n) is 3.37. The molecule has 186 valence electrons. The van der Waals surface area contributed by atoms with E-state index in [1.807, 2.05) is 0 Å². The Morgan fingerprint density at radius 1 is 0.606 bits per heavy atom. The van der Waals surface area contributed by atoms with E-state index in [0.29, 0.717) is 0 Å². The molecule has 0 bridgehead atoms. The van der Waals surface area contributed by atoms with Crippen molar-refractivity contribution in [3.05, 3.63) is 30.3 Å². The van der Waals surface area contributed by atoms with Gasteiger partial charge >= 0.3 is 59.1 Å². The molecule has 0 saturated carbocycles. The number of ether oxygens (including phenoxy) is 1. The van der Waals surface area contributed by atoms with Crippen LogP contribution >= 0.6 is 0 Å². The minimum absolute atomic E-state index is 0. The van der Waals surface area contributed by atoms with Gasteiger partial charge in [-0.15, -0.1) is 0 Å². The number of hydrogen-bond acceptors (Lipinski definition) is 3. The van der Waals surface area contributed by atoms with Crippen molar-refractivity contribution in [3.63, 3.8) is 0 Å². The second-order valence-electron chi connectivity index (χ2n) is 8.35. The van der Waals surface area contributed by atoms with E-state index in [1.165, 1.54) is 115 Å². The zero-order chi connectivity index (χ0) is 23.0. The van der Waals surface area contributed by atoms with Gasteiger partial charge in [-0.25, -0.2) is 0 Å². The van der Waals surface area contributed by atoms with Gasteiger partial charge in [0.15, 0.2) is 0 Å². The average molecular weight is 505 g/mol. The SMILES string of the molecule is CCCCCCCCCCOCCCCCCCCCC.O=S(=O)(O)c1ccccc1.[NaH].[NaH]. The zero-order valence-corrected chi connectivity index (χ0v) is 21.0. The van der Waals surface area contributed by atoms with Gasteiger partial charge in [0.25, 0.3) is 10.1 Å². The Morgan fingerprint density at radius 3 is 1.24 bits per heavy atom. The molecule has 0 aliphatic rings. The molecule has 0 aromatic heterocycles. The summed E-state index contributed by atoms with van der Waals surface area (Å²) in [5, 5.41) is 0. The summed E-state index contributed by atoms with van der Waals surface area (Å²) in [6.45, 7) is 6.55. The van der Waals surface area contributed by atoms with Gasteiger partial charge in [-0.3, -0.25) is 4.55 Å². The van der Waals surface area contributed by atoms with Crippen LogP contribution in [0.5, 0.6) is 0 Å². The molecule has 0 saturated heterocycles. The van der Waals surface area contributed by atoms with E-state index in [2.05, 4.69) is 13.8 Å². The van der Waals surface area contributed by atoms with Crippen LogP contribution < -0.4 is 0 Å². The fourth-order valence-corrected chi connectivity index (χ4v) is 3.87. The van der Waals surface area contributed by atoms with Crippen LogP contribution in [0.25, 0.3) is 0 Å². The van der Waals surface area contributed by atoms with Crippen molar-refractivity contribution < 1.29 is 17.7 Å². The van der Waals surface area contributed by atoms with Crippen molar-refractivity contribution in [3.8, 4) is 0 Å². The number of unbranched alkanes of at least 4 members (excludes halogenated alkanes) is 14. The minimum atomic E-state index is -4.00. The summed E-state index contributed by atoms with van der Waals surface area (Å²) in [6, 6.07) is 7.42. The second-order valence-corrected chi connectivity index (χ2v) is 9.77. The van der Waals surface area contributed by atoms with Crippen molar-refractivity contribution in [2.45, 2.75) is 121 Å². The summed E-state index contributed by atoms with van der Waals surface area (Å²) in [6.07, 6.45) is 22.2. The van der Waals surface area contributed by atoms with E-state index < -0.39 is 10.1 Å². The van der Waals surface area contributed by atoms with Crippen LogP contribution in [0.4, 0.5) is 0 Å². The molecule has 0 aliphatic heterocycles. The van der Waals surface area contributed by atoms with E-state index in [9.17, 15) is 8.42 Å².